The molecule has 1 aromatic rings. The molecule has 0 radical (unpaired) electrons. The highest BCUT2D eigenvalue weighted by Gasteiger charge is 2.30. The predicted molar refractivity (Wildman–Crippen MR) is 69.4 cm³/mol. The number of hydrogen-bond donors (Lipinski definition) is 1. The number of rotatable bonds is 4. The van der Waals surface area contributed by atoms with E-state index in [4.69, 9.17) is 0 Å². The highest BCUT2D eigenvalue weighted by Crippen LogP contribution is 2.34. The van der Waals surface area contributed by atoms with Crippen molar-refractivity contribution < 1.29 is 8.78 Å². The van der Waals surface area contributed by atoms with E-state index in [2.05, 4.69) is 12.2 Å². The van der Waals surface area contributed by atoms with E-state index in [0.717, 1.165) is 6.07 Å². The zero-order valence-corrected chi connectivity index (χ0v) is 11.0. The summed E-state index contributed by atoms with van der Waals surface area (Å²) in [5.74, 6) is 0.345. The van der Waals surface area contributed by atoms with Crippen molar-refractivity contribution in [1.29, 1.82) is 0 Å². The van der Waals surface area contributed by atoms with Crippen LogP contribution in [0.15, 0.2) is 18.2 Å². The molecule has 0 heterocycles. The predicted octanol–water partition coefficient (Wildman–Crippen LogP) is 3.53. The molecule has 1 nitrogen and oxygen atoms in total. The fourth-order valence-electron chi connectivity index (χ4n) is 3.16. The molecule has 0 aliphatic heterocycles. The second-order valence-electron chi connectivity index (χ2n) is 5.41. The van der Waals surface area contributed by atoms with E-state index in [1.165, 1.54) is 25.3 Å². The Bertz CT molecular complexity index is 405. The summed E-state index contributed by atoms with van der Waals surface area (Å²) in [6.07, 6.45) is 4.36. The van der Waals surface area contributed by atoms with Crippen molar-refractivity contribution in [3.63, 3.8) is 0 Å². The monoisotopic (exact) mass is 253 g/mol. The first-order chi connectivity index (χ1) is 8.61. The second-order valence-corrected chi connectivity index (χ2v) is 5.41. The second kappa shape index (κ2) is 5.79. The number of benzene rings is 1. The van der Waals surface area contributed by atoms with Crippen LogP contribution in [-0.4, -0.2) is 13.1 Å². The van der Waals surface area contributed by atoms with Gasteiger partial charge in [0.25, 0.3) is 0 Å². The molecule has 1 saturated carbocycles. The first-order valence-corrected chi connectivity index (χ1v) is 6.73. The van der Waals surface area contributed by atoms with Gasteiger partial charge in [-0.05, 0) is 43.4 Å². The molecule has 0 amide bonds. The maximum absolute atomic E-state index is 13.7. The van der Waals surface area contributed by atoms with Gasteiger partial charge in [0.1, 0.15) is 11.6 Å². The molecule has 2 rings (SSSR count). The van der Waals surface area contributed by atoms with Crippen molar-refractivity contribution in [2.75, 3.05) is 7.05 Å². The summed E-state index contributed by atoms with van der Waals surface area (Å²) in [6, 6.07) is 4.15. The third kappa shape index (κ3) is 2.89. The maximum atomic E-state index is 13.7. The molecular weight excluding hydrogens is 232 g/mol. The summed E-state index contributed by atoms with van der Waals surface area (Å²) in [6.45, 7) is 2.27. The molecule has 100 valence electrons. The minimum Gasteiger partial charge on any atom is -0.316 e. The zero-order valence-electron chi connectivity index (χ0n) is 11.0. The SMILES string of the molecule is CNC(Cc1ccc(F)cc1F)C1CCCC1C. The molecular formula is C15H21F2N. The smallest absolute Gasteiger partial charge is 0.129 e. The minimum atomic E-state index is -0.508. The van der Waals surface area contributed by atoms with Gasteiger partial charge in [0, 0.05) is 12.1 Å². The van der Waals surface area contributed by atoms with Crippen molar-refractivity contribution in [3.8, 4) is 0 Å². The summed E-state index contributed by atoms with van der Waals surface area (Å²) in [7, 11) is 1.93. The average Bonchev–Trinajstić information content (AvgIpc) is 2.75. The van der Waals surface area contributed by atoms with Gasteiger partial charge >= 0.3 is 0 Å². The van der Waals surface area contributed by atoms with Gasteiger partial charge in [0.15, 0.2) is 0 Å². The molecule has 1 fully saturated rings. The number of likely N-dealkylation sites (N-methyl/N-ethyl adjacent to an activating group) is 1. The van der Waals surface area contributed by atoms with Crippen LogP contribution in [0, 0.1) is 23.5 Å². The lowest BCUT2D eigenvalue weighted by Crippen LogP contribution is -2.37. The minimum absolute atomic E-state index is 0.280. The van der Waals surface area contributed by atoms with E-state index >= 15 is 0 Å². The molecule has 0 spiro atoms. The van der Waals surface area contributed by atoms with Crippen LogP contribution in [0.5, 0.6) is 0 Å². The van der Waals surface area contributed by atoms with Crippen LogP contribution in [0.2, 0.25) is 0 Å². The van der Waals surface area contributed by atoms with Crippen LogP contribution in [0.4, 0.5) is 8.78 Å². The van der Waals surface area contributed by atoms with Gasteiger partial charge in [-0.2, -0.15) is 0 Å². The summed E-state index contributed by atoms with van der Waals surface area (Å²) in [5, 5.41) is 3.30. The molecule has 3 heteroatoms. The van der Waals surface area contributed by atoms with E-state index in [9.17, 15) is 8.78 Å². The maximum Gasteiger partial charge on any atom is 0.129 e. The molecule has 3 unspecified atom stereocenters. The summed E-state index contributed by atoms with van der Waals surface area (Å²) < 4.78 is 26.5. The Balaban J connectivity index is 2.10. The van der Waals surface area contributed by atoms with Crippen molar-refractivity contribution in [2.24, 2.45) is 11.8 Å². The van der Waals surface area contributed by atoms with Crippen LogP contribution in [0.1, 0.15) is 31.7 Å². The normalized spacial score (nSPS) is 25.3. The fourth-order valence-corrected chi connectivity index (χ4v) is 3.16. The van der Waals surface area contributed by atoms with Gasteiger partial charge in [-0.25, -0.2) is 8.78 Å². The Labute approximate surface area is 108 Å². The summed E-state index contributed by atoms with van der Waals surface area (Å²) >= 11 is 0. The summed E-state index contributed by atoms with van der Waals surface area (Å²) in [4.78, 5) is 0. The van der Waals surface area contributed by atoms with Gasteiger partial charge in [-0.15, -0.1) is 0 Å². The van der Waals surface area contributed by atoms with Crippen molar-refractivity contribution in [3.05, 3.63) is 35.4 Å². The fraction of sp³-hybridized carbons (Fsp3) is 0.600. The van der Waals surface area contributed by atoms with E-state index in [1.54, 1.807) is 6.07 Å². The molecule has 1 aliphatic carbocycles. The Kier molecular flexibility index (Phi) is 4.33. The van der Waals surface area contributed by atoms with Gasteiger partial charge in [-0.1, -0.05) is 25.8 Å². The molecule has 1 aliphatic rings. The zero-order chi connectivity index (χ0) is 13.1. The van der Waals surface area contributed by atoms with E-state index < -0.39 is 11.6 Å². The van der Waals surface area contributed by atoms with Crippen LogP contribution in [0.3, 0.4) is 0 Å². The topological polar surface area (TPSA) is 12.0 Å². The molecule has 3 atom stereocenters. The molecule has 18 heavy (non-hydrogen) atoms. The highest BCUT2D eigenvalue weighted by atomic mass is 19.1. The summed E-state index contributed by atoms with van der Waals surface area (Å²) in [5.41, 5.74) is 0.606. The standard InChI is InChI=1S/C15H21F2N/c1-10-4-3-5-13(10)15(18-2)8-11-6-7-12(16)9-14(11)17/h6-7,9-10,13,15,18H,3-5,8H2,1-2H3. The molecule has 1 N–H and O–H groups in total. The Morgan fingerprint density at radius 1 is 1.33 bits per heavy atom. The third-order valence-corrected chi connectivity index (χ3v) is 4.27. The van der Waals surface area contributed by atoms with Crippen LogP contribution in [-0.2, 0) is 6.42 Å². The Hall–Kier alpha value is -0.960. The first kappa shape index (κ1) is 13.5. The van der Waals surface area contributed by atoms with E-state index in [1.807, 2.05) is 7.05 Å². The van der Waals surface area contributed by atoms with Crippen molar-refractivity contribution >= 4 is 0 Å². The van der Waals surface area contributed by atoms with Gasteiger partial charge in [0.2, 0.25) is 0 Å². The Morgan fingerprint density at radius 2 is 2.11 bits per heavy atom. The number of nitrogens with one attached hydrogen (secondary N) is 1. The van der Waals surface area contributed by atoms with Crippen LogP contribution < -0.4 is 5.32 Å². The third-order valence-electron chi connectivity index (χ3n) is 4.27. The first-order valence-electron chi connectivity index (χ1n) is 6.73. The van der Waals surface area contributed by atoms with Gasteiger partial charge < -0.3 is 5.32 Å². The number of hydrogen-bond acceptors (Lipinski definition) is 1. The van der Waals surface area contributed by atoms with Gasteiger partial charge in [-0.3, -0.25) is 0 Å². The average molecular weight is 253 g/mol. The largest absolute Gasteiger partial charge is 0.316 e. The Morgan fingerprint density at radius 3 is 2.67 bits per heavy atom. The molecule has 0 aromatic heterocycles. The molecule has 0 bridgehead atoms. The lowest BCUT2D eigenvalue weighted by atomic mass is 9.86. The van der Waals surface area contributed by atoms with Gasteiger partial charge in [0.05, 0.1) is 0 Å². The van der Waals surface area contributed by atoms with Crippen molar-refractivity contribution in [1.82, 2.24) is 5.32 Å². The lowest BCUT2D eigenvalue weighted by Gasteiger charge is -2.27. The number of halogens is 2. The quantitative estimate of drug-likeness (QED) is 0.865. The van der Waals surface area contributed by atoms with Crippen molar-refractivity contribution in [2.45, 2.75) is 38.6 Å². The molecule has 0 saturated heterocycles. The van der Waals surface area contributed by atoms with E-state index in [0.29, 0.717) is 23.8 Å². The van der Waals surface area contributed by atoms with Crippen LogP contribution >= 0.6 is 0 Å². The lowest BCUT2D eigenvalue weighted by molar-refractivity contribution is 0.306. The van der Waals surface area contributed by atoms with Crippen LogP contribution in [0.25, 0.3) is 0 Å². The molecule has 1 aromatic carbocycles. The van der Waals surface area contributed by atoms with E-state index in [-0.39, 0.29) is 6.04 Å². The highest BCUT2D eigenvalue weighted by molar-refractivity contribution is 5.20.